The van der Waals surface area contributed by atoms with Crippen LogP contribution in [0.15, 0.2) is 0 Å². The molecule has 0 amide bonds. The van der Waals surface area contributed by atoms with Crippen molar-refractivity contribution < 1.29 is 9.58 Å². The number of hydrogen-bond donors (Lipinski definition) is 0. The average Bonchev–Trinajstić information content (AvgIpc) is 1.69. The minimum atomic E-state index is -0.289. The first-order chi connectivity index (χ1) is 3.72. The number of carbonyl (C=O) groups excluding carboxylic acids is 1. The third-order valence-electron chi connectivity index (χ3n) is 0.662. The Hall–Kier alpha value is -0.950. The summed E-state index contributed by atoms with van der Waals surface area (Å²) in [7, 11) is 0. The van der Waals surface area contributed by atoms with Crippen LogP contribution in [-0.4, -0.2) is 16.3 Å². The number of rotatable bonds is 2. The summed E-state index contributed by atoms with van der Waals surface area (Å²) in [6, 6.07) is 0. The van der Waals surface area contributed by atoms with Crippen LogP contribution in [-0.2, 0) is 4.79 Å². The number of ketones is 1. The van der Waals surface area contributed by atoms with Gasteiger partial charge in [-0.3, -0.25) is 4.79 Å². The number of Topliss-reactive ketones (excluding diaryl/α,β-unsaturated/α-hetero) is 1. The molecule has 0 aliphatic heterocycles. The van der Waals surface area contributed by atoms with E-state index in [2.05, 4.69) is 11.7 Å². The van der Waals surface area contributed by atoms with Gasteiger partial charge in [0.25, 0.3) is 0 Å². The minimum absolute atomic E-state index is 0.00926. The van der Waals surface area contributed by atoms with Gasteiger partial charge in [0.1, 0.15) is 0 Å². The fourth-order valence-electron chi connectivity index (χ4n) is 0.255. The molecule has 0 aliphatic carbocycles. The summed E-state index contributed by atoms with van der Waals surface area (Å²) in [5.74, 6) is -0.289. The lowest BCUT2D eigenvalue weighted by atomic mass is 10.2. The molecule has 3 heteroatoms. The van der Waals surface area contributed by atoms with Gasteiger partial charge in [-0.05, 0) is 6.92 Å². The van der Waals surface area contributed by atoms with E-state index in [0.717, 1.165) is 0 Å². The molecule has 3 nitrogen and oxygen atoms in total. The number of nitrogens with zero attached hydrogens (tertiary/aromatic N) is 2. The van der Waals surface area contributed by atoms with Gasteiger partial charge in [-0.25, -0.2) is 0 Å². The zero-order valence-corrected chi connectivity index (χ0v) is 4.59. The van der Waals surface area contributed by atoms with E-state index in [-0.39, 0.29) is 11.5 Å². The van der Waals surface area contributed by atoms with Gasteiger partial charge in [0.2, 0.25) is 5.78 Å². The Morgan fingerprint density at radius 2 is 2.38 bits per heavy atom. The monoisotopic (exact) mass is 110 g/mol. The predicted molar refractivity (Wildman–Crippen MR) is 29.0 cm³/mol. The molecule has 0 atom stereocenters. The smallest absolute Gasteiger partial charge is 0.338 e. The van der Waals surface area contributed by atoms with Crippen molar-refractivity contribution in [1.29, 1.82) is 0 Å². The van der Waals surface area contributed by atoms with Crippen molar-refractivity contribution in [3.05, 3.63) is 18.9 Å². The van der Waals surface area contributed by atoms with E-state index in [9.17, 15) is 4.79 Å². The van der Waals surface area contributed by atoms with Crippen molar-refractivity contribution in [3.8, 4) is 0 Å². The van der Waals surface area contributed by atoms with Gasteiger partial charge in [-0.15, -0.1) is 0 Å². The maximum absolute atomic E-state index is 10.2. The van der Waals surface area contributed by atoms with Crippen LogP contribution in [0.5, 0.6) is 0 Å². The summed E-state index contributed by atoms with van der Waals surface area (Å²) >= 11 is 0. The quantitative estimate of drug-likeness (QED) is 0.286. The van der Waals surface area contributed by atoms with Crippen molar-refractivity contribution in [2.75, 3.05) is 0 Å². The Bertz CT molecular complexity index is 145. The van der Waals surface area contributed by atoms with Gasteiger partial charge in [0, 0.05) is 6.92 Å². The highest BCUT2D eigenvalue weighted by atomic mass is 16.1. The van der Waals surface area contributed by atoms with Crippen molar-refractivity contribution in [1.82, 2.24) is 0 Å². The summed E-state index contributed by atoms with van der Waals surface area (Å²) in [6.45, 7) is 4.54. The molecule has 0 aromatic rings. The molecule has 0 unspecified atom stereocenters. The summed E-state index contributed by atoms with van der Waals surface area (Å²) < 4.78 is 0. The molecule has 0 saturated heterocycles. The molecule has 2 radical (unpaired) electrons. The van der Waals surface area contributed by atoms with Crippen LogP contribution in [0.1, 0.15) is 6.92 Å². The van der Waals surface area contributed by atoms with Gasteiger partial charge in [-0.2, -0.15) is 4.79 Å². The second-order valence-corrected chi connectivity index (χ2v) is 1.25. The molecule has 0 aliphatic rings. The van der Waals surface area contributed by atoms with Gasteiger partial charge < -0.3 is 5.53 Å². The highest BCUT2D eigenvalue weighted by Crippen LogP contribution is 1.77. The number of carbonyl (C=O) groups is 1. The molecule has 0 saturated carbocycles. The molecule has 42 valence electrons. The molecule has 0 bridgehead atoms. The molecule has 0 aromatic carbocycles. The van der Waals surface area contributed by atoms with E-state index in [1.165, 1.54) is 13.3 Å². The zero-order valence-electron chi connectivity index (χ0n) is 4.59. The largest absolute Gasteiger partial charge is 0.361 e. The fraction of sp³-hybridized carbons (Fsp3) is 0.200. The van der Waals surface area contributed by atoms with Crippen molar-refractivity contribution in [2.45, 2.75) is 6.92 Å². The fourth-order valence-corrected chi connectivity index (χ4v) is 0.255. The Morgan fingerprint density at radius 1 is 1.88 bits per heavy atom. The molecule has 0 aromatic heterocycles. The van der Waals surface area contributed by atoms with Crippen LogP contribution < -0.4 is 0 Å². The highest BCUT2D eigenvalue weighted by molar-refractivity contribution is 6.40. The second kappa shape index (κ2) is 3.10. The van der Waals surface area contributed by atoms with E-state index < -0.39 is 0 Å². The van der Waals surface area contributed by atoms with Crippen molar-refractivity contribution in [2.24, 2.45) is 0 Å². The first kappa shape index (κ1) is 7.05. The summed E-state index contributed by atoms with van der Waals surface area (Å²) in [5.41, 5.74) is 7.98. The Labute approximate surface area is 47.9 Å². The van der Waals surface area contributed by atoms with Crippen LogP contribution in [0.3, 0.4) is 0 Å². The van der Waals surface area contributed by atoms with E-state index >= 15 is 0 Å². The van der Waals surface area contributed by atoms with Crippen molar-refractivity contribution >= 4 is 11.5 Å². The zero-order chi connectivity index (χ0) is 6.57. The van der Waals surface area contributed by atoms with Gasteiger partial charge in [0.15, 0.2) is 0 Å². The van der Waals surface area contributed by atoms with E-state index in [1.54, 1.807) is 0 Å². The highest BCUT2D eigenvalue weighted by Gasteiger charge is 2.09. The maximum atomic E-state index is 10.2. The van der Waals surface area contributed by atoms with Gasteiger partial charge in [-0.1, -0.05) is 0 Å². The lowest BCUT2D eigenvalue weighted by molar-refractivity contribution is -0.115. The molecule has 0 rings (SSSR count). The van der Waals surface area contributed by atoms with Crippen LogP contribution in [0.2, 0.25) is 0 Å². The summed E-state index contributed by atoms with van der Waals surface area (Å²) in [4.78, 5) is 12.9. The minimum Gasteiger partial charge on any atom is -0.361 e. The lowest BCUT2D eigenvalue weighted by Gasteiger charge is -1.76. The van der Waals surface area contributed by atoms with Crippen LogP contribution >= 0.6 is 0 Å². The van der Waals surface area contributed by atoms with Gasteiger partial charge in [0.05, 0.1) is 6.42 Å². The first-order valence-electron chi connectivity index (χ1n) is 2.07. The Kier molecular flexibility index (Phi) is 2.74. The maximum Gasteiger partial charge on any atom is 0.338 e. The standard InChI is InChI=1S/C5H6N2O/c1-3-5(7-6)4(2)8/h3H,1H2,2H3. The summed E-state index contributed by atoms with van der Waals surface area (Å²) in [6.07, 6.45) is 1.20. The molecule has 8 heavy (non-hydrogen) atoms. The first-order valence-corrected chi connectivity index (χ1v) is 2.07. The van der Waals surface area contributed by atoms with Crippen molar-refractivity contribution in [3.63, 3.8) is 0 Å². The van der Waals surface area contributed by atoms with E-state index in [0.29, 0.717) is 0 Å². The summed E-state index contributed by atoms with van der Waals surface area (Å²) in [5, 5.41) is 0. The molecule has 0 N–H and O–H groups in total. The second-order valence-electron chi connectivity index (χ2n) is 1.25. The Balaban J connectivity index is 4.14. The molecule has 0 fully saturated rings. The topological polar surface area (TPSA) is 53.5 Å². The number of hydrogen-bond acceptors (Lipinski definition) is 1. The van der Waals surface area contributed by atoms with Gasteiger partial charge >= 0.3 is 5.71 Å². The predicted octanol–water partition coefficient (Wildman–Crippen LogP) is 0.285. The van der Waals surface area contributed by atoms with Crippen LogP contribution in [0, 0.1) is 13.3 Å². The van der Waals surface area contributed by atoms with Crippen LogP contribution in [0.4, 0.5) is 0 Å². The molecule has 0 spiro atoms. The SMILES string of the molecule is [CH2][CH]C(=[N+]=[N-])C(C)=O. The normalized spacial score (nSPS) is 7.75. The van der Waals surface area contributed by atoms with E-state index in [1.807, 2.05) is 0 Å². The molecular weight excluding hydrogens is 104 g/mol. The van der Waals surface area contributed by atoms with Crippen LogP contribution in [0.25, 0.3) is 5.53 Å². The molecular formula is C5H6N2O. The Morgan fingerprint density at radius 3 is 2.38 bits per heavy atom. The lowest BCUT2D eigenvalue weighted by Crippen LogP contribution is -2.09. The molecule has 0 heterocycles. The third-order valence-corrected chi connectivity index (χ3v) is 0.662. The van der Waals surface area contributed by atoms with E-state index in [4.69, 9.17) is 5.53 Å². The third kappa shape index (κ3) is 1.67. The average molecular weight is 110 g/mol.